The Morgan fingerprint density at radius 3 is 2.16 bits per heavy atom. The maximum absolute atomic E-state index is 11.8. The van der Waals surface area contributed by atoms with E-state index in [9.17, 15) is 14.4 Å². The van der Waals surface area contributed by atoms with Gasteiger partial charge in [-0.1, -0.05) is 13.8 Å². The predicted molar refractivity (Wildman–Crippen MR) is 66.5 cm³/mol. The maximum atomic E-state index is 11.8. The molecule has 7 nitrogen and oxygen atoms in total. The first-order valence-corrected chi connectivity index (χ1v) is 6.22. The van der Waals surface area contributed by atoms with E-state index in [0.29, 0.717) is 12.8 Å². The summed E-state index contributed by atoms with van der Waals surface area (Å²) in [6.07, 6.45) is 1.57. The largest absolute Gasteiger partial charge is 0.480 e. The average molecular weight is 272 g/mol. The minimum absolute atomic E-state index is 0.152. The van der Waals surface area contributed by atoms with Crippen molar-refractivity contribution in [2.45, 2.75) is 44.7 Å². The quantitative estimate of drug-likeness (QED) is 0.632. The fraction of sp³-hybridized carbons (Fsp3) is 0.750. The molecule has 1 aliphatic carbocycles. The van der Waals surface area contributed by atoms with Crippen LogP contribution in [0.15, 0.2) is 0 Å². The number of hydrogen-bond acceptors (Lipinski definition) is 4. The predicted octanol–water partition coefficient (Wildman–Crippen LogP) is 0.490. The van der Waals surface area contributed by atoms with Gasteiger partial charge in [-0.2, -0.15) is 0 Å². The van der Waals surface area contributed by atoms with Crippen LogP contribution in [0.3, 0.4) is 0 Å². The Balaban J connectivity index is 2.63. The Labute approximate surface area is 111 Å². The average Bonchev–Trinajstić information content (AvgIpc) is 2.28. The highest BCUT2D eigenvalue weighted by Gasteiger charge is 2.46. The number of carboxylic acids is 1. The number of carbonyl (C=O) groups excluding carboxylic acids is 2. The van der Waals surface area contributed by atoms with Gasteiger partial charge in [-0.05, 0) is 25.2 Å². The molecule has 2 amide bonds. The van der Waals surface area contributed by atoms with Crippen LogP contribution in [-0.2, 0) is 14.3 Å². The third kappa shape index (κ3) is 3.36. The highest BCUT2D eigenvalue weighted by Crippen LogP contribution is 2.31. The van der Waals surface area contributed by atoms with Gasteiger partial charge in [0.1, 0.15) is 11.6 Å². The Kier molecular flexibility index (Phi) is 4.74. The summed E-state index contributed by atoms with van der Waals surface area (Å²) in [5.41, 5.74) is -1.19. The van der Waals surface area contributed by atoms with Gasteiger partial charge in [0.25, 0.3) is 0 Å². The molecule has 0 saturated heterocycles. The van der Waals surface area contributed by atoms with Gasteiger partial charge in [-0.15, -0.1) is 0 Å². The Morgan fingerprint density at radius 1 is 1.26 bits per heavy atom. The zero-order valence-electron chi connectivity index (χ0n) is 11.4. The van der Waals surface area contributed by atoms with Crippen LogP contribution in [0.4, 0.5) is 4.79 Å². The van der Waals surface area contributed by atoms with Crippen molar-refractivity contribution >= 4 is 18.0 Å². The number of methoxy groups -OCH3 is 1. The molecule has 3 N–H and O–H groups in total. The number of amides is 2. The van der Waals surface area contributed by atoms with Gasteiger partial charge in [0, 0.05) is 0 Å². The first-order valence-electron chi connectivity index (χ1n) is 6.22. The highest BCUT2D eigenvalue weighted by molar-refractivity contribution is 5.89. The number of nitrogens with one attached hydrogen (secondary N) is 2. The number of esters is 1. The topological polar surface area (TPSA) is 105 Å². The van der Waals surface area contributed by atoms with E-state index in [-0.39, 0.29) is 5.92 Å². The number of urea groups is 1. The van der Waals surface area contributed by atoms with Crippen molar-refractivity contribution in [2.24, 2.45) is 5.92 Å². The van der Waals surface area contributed by atoms with Crippen molar-refractivity contribution in [3.63, 3.8) is 0 Å². The van der Waals surface area contributed by atoms with E-state index in [1.807, 2.05) is 0 Å². The van der Waals surface area contributed by atoms with Crippen LogP contribution in [0.5, 0.6) is 0 Å². The molecule has 1 atom stereocenters. The molecule has 0 radical (unpaired) electrons. The molecular weight excluding hydrogens is 252 g/mol. The van der Waals surface area contributed by atoms with E-state index in [1.165, 1.54) is 7.11 Å². The number of carbonyl (C=O) groups is 3. The van der Waals surface area contributed by atoms with E-state index in [1.54, 1.807) is 13.8 Å². The number of rotatable bonds is 5. The molecular formula is C12H20N2O5. The van der Waals surface area contributed by atoms with Gasteiger partial charge in [-0.25, -0.2) is 14.4 Å². The molecule has 1 aliphatic rings. The molecule has 0 aliphatic heterocycles. The summed E-state index contributed by atoms with van der Waals surface area (Å²) in [6, 6.07) is -1.46. The summed E-state index contributed by atoms with van der Waals surface area (Å²) in [6.45, 7) is 3.52. The summed E-state index contributed by atoms with van der Waals surface area (Å²) < 4.78 is 4.59. The molecule has 1 unspecified atom stereocenters. The van der Waals surface area contributed by atoms with Crippen molar-refractivity contribution in [2.75, 3.05) is 7.11 Å². The lowest BCUT2D eigenvalue weighted by Crippen LogP contribution is -2.63. The first kappa shape index (κ1) is 15.3. The number of ether oxygens (including phenoxy) is 1. The summed E-state index contributed by atoms with van der Waals surface area (Å²) in [4.78, 5) is 34.4. The zero-order chi connectivity index (χ0) is 14.6. The molecule has 0 aromatic heterocycles. The van der Waals surface area contributed by atoms with Crippen LogP contribution in [0, 0.1) is 5.92 Å². The smallest absolute Gasteiger partial charge is 0.329 e. The van der Waals surface area contributed by atoms with E-state index < -0.39 is 29.6 Å². The van der Waals surface area contributed by atoms with Gasteiger partial charge in [0.15, 0.2) is 0 Å². The monoisotopic (exact) mass is 272 g/mol. The van der Waals surface area contributed by atoms with E-state index in [0.717, 1.165) is 6.42 Å². The molecule has 0 aromatic carbocycles. The van der Waals surface area contributed by atoms with Gasteiger partial charge in [0.05, 0.1) is 7.11 Å². The molecule has 19 heavy (non-hydrogen) atoms. The van der Waals surface area contributed by atoms with Crippen LogP contribution in [-0.4, -0.2) is 41.8 Å². The standard InChI is InChI=1S/C12H20N2O5/c1-7(2)8(9(15)19-3)13-11(18)14-12(10(16)17)5-4-6-12/h7-8H,4-6H2,1-3H3,(H,16,17)(H2,13,14,18). The van der Waals surface area contributed by atoms with Gasteiger partial charge < -0.3 is 20.5 Å². The van der Waals surface area contributed by atoms with Gasteiger partial charge >= 0.3 is 18.0 Å². The van der Waals surface area contributed by atoms with Crippen molar-refractivity contribution in [3.05, 3.63) is 0 Å². The third-order valence-electron chi connectivity index (χ3n) is 3.38. The first-order chi connectivity index (χ1) is 8.82. The number of hydrogen-bond donors (Lipinski definition) is 3. The van der Waals surface area contributed by atoms with Crippen LogP contribution in [0.25, 0.3) is 0 Å². The molecule has 7 heteroatoms. The minimum Gasteiger partial charge on any atom is -0.480 e. The van der Waals surface area contributed by atoms with Gasteiger partial charge in [0.2, 0.25) is 0 Å². The number of aliphatic carboxylic acids is 1. The van der Waals surface area contributed by atoms with E-state index in [2.05, 4.69) is 15.4 Å². The maximum Gasteiger partial charge on any atom is 0.329 e. The lowest BCUT2D eigenvalue weighted by molar-refractivity contribution is -0.148. The van der Waals surface area contributed by atoms with Crippen LogP contribution in [0.1, 0.15) is 33.1 Å². The van der Waals surface area contributed by atoms with Crippen molar-refractivity contribution in [1.29, 1.82) is 0 Å². The number of carboxylic acid groups (broad SMARTS) is 1. The zero-order valence-corrected chi connectivity index (χ0v) is 11.4. The van der Waals surface area contributed by atoms with E-state index in [4.69, 9.17) is 5.11 Å². The highest BCUT2D eigenvalue weighted by atomic mass is 16.5. The van der Waals surface area contributed by atoms with Crippen LogP contribution in [0.2, 0.25) is 0 Å². The lowest BCUT2D eigenvalue weighted by atomic mass is 9.77. The summed E-state index contributed by atoms with van der Waals surface area (Å²) in [7, 11) is 1.24. The second-order valence-electron chi connectivity index (χ2n) is 5.08. The van der Waals surface area contributed by atoms with E-state index >= 15 is 0 Å². The molecule has 108 valence electrons. The molecule has 0 bridgehead atoms. The van der Waals surface area contributed by atoms with Crippen LogP contribution < -0.4 is 10.6 Å². The fourth-order valence-electron chi connectivity index (χ4n) is 1.94. The second-order valence-corrected chi connectivity index (χ2v) is 5.08. The summed E-state index contributed by atoms with van der Waals surface area (Å²) >= 11 is 0. The minimum atomic E-state index is -1.19. The second kappa shape index (κ2) is 5.90. The molecule has 1 saturated carbocycles. The fourth-order valence-corrected chi connectivity index (χ4v) is 1.94. The van der Waals surface area contributed by atoms with Crippen molar-refractivity contribution < 1.29 is 24.2 Å². The summed E-state index contributed by atoms with van der Waals surface area (Å²) in [5, 5.41) is 14.0. The lowest BCUT2D eigenvalue weighted by Gasteiger charge is -2.38. The molecule has 0 aromatic rings. The normalized spacial score (nSPS) is 18.1. The van der Waals surface area contributed by atoms with Crippen LogP contribution >= 0.6 is 0 Å². The van der Waals surface area contributed by atoms with Crippen molar-refractivity contribution in [3.8, 4) is 0 Å². The molecule has 1 fully saturated rings. The Hall–Kier alpha value is -1.79. The molecule has 1 rings (SSSR count). The Morgan fingerprint density at radius 2 is 1.84 bits per heavy atom. The molecule has 0 spiro atoms. The van der Waals surface area contributed by atoms with Gasteiger partial charge in [-0.3, -0.25) is 0 Å². The Bertz CT molecular complexity index is 376. The van der Waals surface area contributed by atoms with Crippen molar-refractivity contribution in [1.82, 2.24) is 10.6 Å². The third-order valence-corrected chi connectivity index (χ3v) is 3.38. The SMILES string of the molecule is COC(=O)C(NC(=O)NC1(C(=O)O)CCC1)C(C)C. The molecule has 0 heterocycles. The summed E-state index contributed by atoms with van der Waals surface area (Å²) in [5.74, 6) is -1.75.